The van der Waals surface area contributed by atoms with Crippen molar-refractivity contribution in [1.29, 1.82) is 0 Å². The van der Waals surface area contributed by atoms with Crippen LogP contribution in [-0.4, -0.2) is 32.7 Å². The predicted octanol–water partition coefficient (Wildman–Crippen LogP) is 4.92. The Hall–Kier alpha value is -3.85. The van der Waals surface area contributed by atoms with Crippen LogP contribution >= 0.6 is 11.8 Å². The third-order valence-corrected chi connectivity index (χ3v) is 6.06. The number of anilines is 1. The Morgan fingerprint density at radius 1 is 1.03 bits per heavy atom. The number of fused-ring (bicyclic) bond motifs is 1. The molecule has 1 N–H and O–H groups in total. The second-order valence-electron chi connectivity index (χ2n) is 7.30. The highest BCUT2D eigenvalue weighted by Crippen LogP contribution is 2.37. The van der Waals surface area contributed by atoms with E-state index in [0.29, 0.717) is 28.2 Å². The topological polar surface area (TPSA) is 78.3 Å². The van der Waals surface area contributed by atoms with Crippen molar-refractivity contribution in [3.63, 3.8) is 0 Å². The van der Waals surface area contributed by atoms with Crippen LogP contribution in [0.15, 0.2) is 78.0 Å². The van der Waals surface area contributed by atoms with E-state index in [0.717, 1.165) is 11.3 Å². The van der Waals surface area contributed by atoms with Crippen molar-refractivity contribution in [3.8, 4) is 28.6 Å². The van der Waals surface area contributed by atoms with Gasteiger partial charge in [0.05, 0.1) is 5.25 Å². The molecule has 166 valence electrons. The summed E-state index contributed by atoms with van der Waals surface area (Å²) in [4.78, 5) is 12.7. The van der Waals surface area contributed by atoms with Gasteiger partial charge in [-0.05, 0) is 55.5 Å². The predicted molar refractivity (Wildman–Crippen MR) is 123 cm³/mol. The van der Waals surface area contributed by atoms with Crippen LogP contribution in [-0.2, 0) is 4.79 Å². The number of benzene rings is 3. The largest absolute Gasteiger partial charge is 0.454 e. The normalized spacial score (nSPS) is 13.0. The number of nitrogens with one attached hydrogen (secondary N) is 1. The summed E-state index contributed by atoms with van der Waals surface area (Å²) in [6, 6.07) is 21.1. The highest BCUT2D eigenvalue weighted by molar-refractivity contribution is 8.00. The van der Waals surface area contributed by atoms with E-state index in [9.17, 15) is 9.18 Å². The van der Waals surface area contributed by atoms with Gasteiger partial charge in [-0.2, -0.15) is 0 Å². The molecule has 1 aromatic heterocycles. The molecule has 1 atom stereocenters. The van der Waals surface area contributed by atoms with E-state index in [1.165, 1.54) is 23.9 Å². The molecule has 3 aromatic carbocycles. The second-order valence-corrected chi connectivity index (χ2v) is 8.61. The maximum atomic E-state index is 13.5. The van der Waals surface area contributed by atoms with Gasteiger partial charge in [0.2, 0.25) is 12.7 Å². The van der Waals surface area contributed by atoms with Gasteiger partial charge in [-0.25, -0.2) is 4.39 Å². The quantitative estimate of drug-likeness (QED) is 0.410. The van der Waals surface area contributed by atoms with E-state index in [4.69, 9.17) is 9.47 Å². The number of carbonyl (C=O) groups is 1. The first kappa shape index (κ1) is 21.0. The Bertz CT molecular complexity index is 1310. The Kier molecular flexibility index (Phi) is 5.70. The molecule has 9 heteroatoms. The van der Waals surface area contributed by atoms with Crippen molar-refractivity contribution in [2.75, 3.05) is 12.1 Å². The van der Waals surface area contributed by atoms with Crippen LogP contribution in [0.1, 0.15) is 6.92 Å². The molecule has 5 rings (SSSR count). The van der Waals surface area contributed by atoms with E-state index in [2.05, 4.69) is 15.5 Å². The summed E-state index contributed by atoms with van der Waals surface area (Å²) in [5, 5.41) is 11.6. The maximum absolute atomic E-state index is 13.5. The molecule has 33 heavy (non-hydrogen) atoms. The van der Waals surface area contributed by atoms with Gasteiger partial charge in [-0.15, -0.1) is 10.2 Å². The molecular weight excluding hydrogens is 443 g/mol. The van der Waals surface area contributed by atoms with Crippen molar-refractivity contribution >= 4 is 23.4 Å². The van der Waals surface area contributed by atoms with Crippen LogP contribution in [0.2, 0.25) is 0 Å². The van der Waals surface area contributed by atoms with Crippen LogP contribution in [0.25, 0.3) is 17.1 Å². The number of nitrogens with zero attached hydrogens (tertiary/aromatic N) is 3. The van der Waals surface area contributed by atoms with Crippen LogP contribution in [0.5, 0.6) is 11.5 Å². The molecule has 0 unspecified atom stereocenters. The van der Waals surface area contributed by atoms with E-state index in [1.807, 2.05) is 53.1 Å². The zero-order valence-corrected chi connectivity index (χ0v) is 18.4. The fourth-order valence-corrected chi connectivity index (χ4v) is 4.27. The molecule has 0 bridgehead atoms. The van der Waals surface area contributed by atoms with Gasteiger partial charge >= 0.3 is 0 Å². The number of hydrogen-bond acceptors (Lipinski definition) is 6. The summed E-state index contributed by atoms with van der Waals surface area (Å²) in [6.45, 7) is 1.95. The van der Waals surface area contributed by atoms with E-state index in [1.54, 1.807) is 19.1 Å². The Labute approximate surface area is 193 Å². The second kappa shape index (κ2) is 8.95. The molecule has 0 saturated heterocycles. The summed E-state index contributed by atoms with van der Waals surface area (Å²) < 4.78 is 26.3. The number of amides is 1. The minimum Gasteiger partial charge on any atom is -0.454 e. The van der Waals surface area contributed by atoms with Gasteiger partial charge in [0.1, 0.15) is 5.82 Å². The summed E-state index contributed by atoms with van der Waals surface area (Å²) in [5.41, 5.74) is 2.06. The molecule has 2 heterocycles. The van der Waals surface area contributed by atoms with Crippen molar-refractivity contribution in [1.82, 2.24) is 14.8 Å². The molecular formula is C24H19FN4O3S. The maximum Gasteiger partial charge on any atom is 0.237 e. The Morgan fingerprint density at radius 2 is 1.85 bits per heavy atom. The van der Waals surface area contributed by atoms with Gasteiger partial charge in [-0.1, -0.05) is 36.0 Å². The molecule has 0 saturated carbocycles. The first-order valence-electron chi connectivity index (χ1n) is 10.2. The van der Waals surface area contributed by atoms with Crippen LogP contribution in [0, 0.1) is 5.82 Å². The van der Waals surface area contributed by atoms with Crippen molar-refractivity contribution < 1.29 is 18.7 Å². The molecule has 0 fully saturated rings. The summed E-state index contributed by atoms with van der Waals surface area (Å²) in [6.07, 6.45) is 0. The minimum atomic E-state index is -0.510. The van der Waals surface area contributed by atoms with Crippen molar-refractivity contribution in [3.05, 3.63) is 78.6 Å². The lowest BCUT2D eigenvalue weighted by atomic mass is 10.2. The third kappa shape index (κ3) is 4.40. The fourth-order valence-electron chi connectivity index (χ4n) is 3.40. The summed E-state index contributed by atoms with van der Waals surface area (Å²) in [7, 11) is 0. The van der Waals surface area contributed by atoms with E-state index < -0.39 is 11.1 Å². The molecule has 0 aliphatic carbocycles. The van der Waals surface area contributed by atoms with Gasteiger partial charge in [-0.3, -0.25) is 9.36 Å². The number of para-hydroxylation sites is 1. The third-order valence-electron chi connectivity index (χ3n) is 5.02. The lowest BCUT2D eigenvalue weighted by Gasteiger charge is -2.14. The zero-order valence-electron chi connectivity index (χ0n) is 17.6. The van der Waals surface area contributed by atoms with Crippen LogP contribution in [0.4, 0.5) is 10.1 Å². The van der Waals surface area contributed by atoms with Gasteiger partial charge < -0.3 is 14.8 Å². The number of halogens is 1. The minimum absolute atomic E-state index is 0.184. The summed E-state index contributed by atoms with van der Waals surface area (Å²) >= 11 is 1.27. The number of thioether (sulfide) groups is 1. The molecule has 1 aliphatic heterocycles. The molecule has 1 aliphatic rings. The molecule has 0 spiro atoms. The van der Waals surface area contributed by atoms with Crippen LogP contribution in [0.3, 0.4) is 0 Å². The van der Waals surface area contributed by atoms with Gasteiger partial charge in [0.15, 0.2) is 22.5 Å². The number of aromatic nitrogens is 3. The molecule has 4 aromatic rings. The van der Waals surface area contributed by atoms with Crippen LogP contribution < -0.4 is 14.8 Å². The first-order valence-corrected chi connectivity index (χ1v) is 11.1. The Morgan fingerprint density at radius 3 is 2.67 bits per heavy atom. The lowest BCUT2D eigenvalue weighted by molar-refractivity contribution is -0.115. The average molecular weight is 463 g/mol. The lowest BCUT2D eigenvalue weighted by Crippen LogP contribution is -2.23. The number of rotatable bonds is 6. The smallest absolute Gasteiger partial charge is 0.237 e. The monoisotopic (exact) mass is 462 g/mol. The van der Waals surface area contributed by atoms with E-state index >= 15 is 0 Å². The Balaban J connectivity index is 1.46. The summed E-state index contributed by atoms with van der Waals surface area (Å²) in [5.74, 6) is 1.26. The van der Waals surface area contributed by atoms with Crippen molar-refractivity contribution in [2.24, 2.45) is 0 Å². The fraction of sp³-hybridized carbons (Fsp3) is 0.125. The highest BCUT2D eigenvalue weighted by Gasteiger charge is 2.23. The first-order chi connectivity index (χ1) is 16.1. The SMILES string of the molecule is C[C@H](Sc1nnc(-c2ccc3c(c2)OCO3)n1-c1ccccc1)C(=O)Nc1cccc(F)c1. The molecule has 1 amide bonds. The highest BCUT2D eigenvalue weighted by atomic mass is 32.2. The molecule has 0 radical (unpaired) electrons. The van der Waals surface area contributed by atoms with Gasteiger partial charge in [0.25, 0.3) is 0 Å². The van der Waals surface area contributed by atoms with Gasteiger partial charge in [0, 0.05) is 16.9 Å². The van der Waals surface area contributed by atoms with Crippen molar-refractivity contribution in [2.45, 2.75) is 17.3 Å². The number of carbonyl (C=O) groups excluding carboxylic acids is 1. The molecule has 7 nitrogen and oxygen atoms in total. The van der Waals surface area contributed by atoms with E-state index in [-0.39, 0.29) is 12.7 Å². The average Bonchev–Trinajstić information content (AvgIpc) is 3.46. The number of ether oxygens (including phenoxy) is 2. The standard InChI is InChI=1S/C24H19FN4O3S/c1-15(23(30)26-18-7-5-6-17(25)13-18)33-24-28-27-22(29(24)19-8-3-2-4-9-19)16-10-11-20-21(12-16)32-14-31-20/h2-13,15H,14H2,1H3,(H,26,30)/t15-/m0/s1. The zero-order chi connectivity index (χ0) is 22.8. The number of hydrogen-bond donors (Lipinski definition) is 1.